The Hall–Kier alpha value is -0.350. The highest BCUT2D eigenvalue weighted by Crippen LogP contribution is 2.17. The van der Waals surface area contributed by atoms with Gasteiger partial charge in [0.25, 0.3) is 0 Å². The molecule has 0 fully saturated rings. The fourth-order valence-electron chi connectivity index (χ4n) is 1.58. The van der Waals surface area contributed by atoms with Crippen LogP contribution in [0.25, 0.3) is 0 Å². The van der Waals surface area contributed by atoms with Crippen molar-refractivity contribution in [3.63, 3.8) is 0 Å². The van der Waals surface area contributed by atoms with Gasteiger partial charge in [-0.15, -0.1) is 0 Å². The molecule has 2 heteroatoms. The fraction of sp³-hybridized carbons (Fsp3) is 0.429. The highest BCUT2D eigenvalue weighted by Gasteiger charge is 2.06. The van der Waals surface area contributed by atoms with Gasteiger partial charge in [0.2, 0.25) is 0 Å². The zero-order chi connectivity index (χ0) is 12.0. The van der Waals surface area contributed by atoms with E-state index in [1.165, 1.54) is 14.7 Å². The van der Waals surface area contributed by atoms with Gasteiger partial charge >= 0.3 is 0 Å². The van der Waals surface area contributed by atoms with E-state index in [0.29, 0.717) is 6.04 Å². The predicted molar refractivity (Wildman–Crippen MR) is 79.6 cm³/mol. The van der Waals surface area contributed by atoms with E-state index in [9.17, 15) is 0 Å². The van der Waals surface area contributed by atoms with Crippen LogP contribution in [0.3, 0.4) is 0 Å². The van der Waals surface area contributed by atoms with Crippen molar-refractivity contribution in [2.75, 3.05) is 6.54 Å². The van der Waals surface area contributed by atoms with Crippen LogP contribution < -0.4 is 5.32 Å². The zero-order valence-electron chi connectivity index (χ0n) is 10.3. The van der Waals surface area contributed by atoms with Crippen LogP contribution in [0.2, 0.25) is 0 Å². The van der Waals surface area contributed by atoms with Gasteiger partial charge in [-0.3, -0.25) is 0 Å². The first-order valence-corrected chi connectivity index (χ1v) is 6.85. The van der Waals surface area contributed by atoms with Gasteiger partial charge in [-0.1, -0.05) is 30.7 Å². The monoisotopic (exact) mass is 329 g/mol. The quantitative estimate of drug-likeness (QED) is 0.627. The lowest BCUT2D eigenvalue weighted by atomic mass is 10.0. The number of allylic oxidation sites excluding steroid dienone is 1. The largest absolute Gasteiger partial charge is 0.307 e. The van der Waals surface area contributed by atoms with E-state index in [-0.39, 0.29) is 0 Å². The van der Waals surface area contributed by atoms with Crippen molar-refractivity contribution in [2.45, 2.75) is 33.2 Å². The summed E-state index contributed by atoms with van der Waals surface area (Å²) in [5.74, 6) is 0. The summed E-state index contributed by atoms with van der Waals surface area (Å²) >= 11 is 2.34. The van der Waals surface area contributed by atoms with Crippen molar-refractivity contribution < 1.29 is 0 Å². The van der Waals surface area contributed by atoms with E-state index in [1.807, 2.05) is 0 Å². The first-order valence-electron chi connectivity index (χ1n) is 5.77. The van der Waals surface area contributed by atoms with E-state index in [4.69, 9.17) is 0 Å². The molecule has 0 aliphatic rings. The summed E-state index contributed by atoms with van der Waals surface area (Å²) in [5, 5.41) is 3.56. The number of halogens is 1. The SMILES string of the molecule is CCCNC(C=C(C)C)c1ccc(I)cc1. The minimum atomic E-state index is 0.349. The molecule has 0 bridgehead atoms. The third-order valence-corrected chi connectivity index (χ3v) is 3.06. The van der Waals surface area contributed by atoms with Gasteiger partial charge in [0.05, 0.1) is 6.04 Å². The molecule has 16 heavy (non-hydrogen) atoms. The number of rotatable bonds is 5. The van der Waals surface area contributed by atoms with E-state index in [0.717, 1.165) is 13.0 Å². The molecule has 1 aromatic rings. The lowest BCUT2D eigenvalue weighted by Gasteiger charge is -2.16. The molecule has 0 saturated heterocycles. The Morgan fingerprint density at radius 3 is 2.44 bits per heavy atom. The Balaban J connectivity index is 2.83. The molecule has 1 unspecified atom stereocenters. The third-order valence-electron chi connectivity index (χ3n) is 2.34. The summed E-state index contributed by atoms with van der Waals surface area (Å²) in [5.41, 5.74) is 2.70. The minimum Gasteiger partial charge on any atom is -0.307 e. The van der Waals surface area contributed by atoms with Crippen LogP contribution in [0.5, 0.6) is 0 Å². The number of benzene rings is 1. The first kappa shape index (κ1) is 13.7. The van der Waals surface area contributed by atoms with E-state index in [2.05, 4.69) is 79.0 Å². The molecular weight excluding hydrogens is 309 g/mol. The average Bonchev–Trinajstić information content (AvgIpc) is 2.25. The van der Waals surface area contributed by atoms with Crippen molar-refractivity contribution in [1.29, 1.82) is 0 Å². The molecule has 1 atom stereocenters. The maximum absolute atomic E-state index is 3.56. The van der Waals surface area contributed by atoms with Crippen LogP contribution in [0, 0.1) is 3.57 Å². The van der Waals surface area contributed by atoms with Gasteiger partial charge in [-0.2, -0.15) is 0 Å². The lowest BCUT2D eigenvalue weighted by molar-refractivity contribution is 0.610. The second-order valence-electron chi connectivity index (χ2n) is 4.23. The average molecular weight is 329 g/mol. The Labute approximate surface area is 112 Å². The van der Waals surface area contributed by atoms with E-state index < -0.39 is 0 Å². The number of nitrogens with one attached hydrogen (secondary N) is 1. The Morgan fingerprint density at radius 1 is 1.31 bits per heavy atom. The molecule has 88 valence electrons. The molecule has 0 spiro atoms. The Morgan fingerprint density at radius 2 is 1.94 bits per heavy atom. The molecular formula is C14H20IN. The highest BCUT2D eigenvalue weighted by molar-refractivity contribution is 14.1. The molecule has 1 N–H and O–H groups in total. The number of hydrogen-bond donors (Lipinski definition) is 1. The van der Waals surface area contributed by atoms with Gasteiger partial charge in [-0.25, -0.2) is 0 Å². The summed E-state index contributed by atoms with van der Waals surface area (Å²) in [7, 11) is 0. The molecule has 0 amide bonds. The molecule has 0 aliphatic carbocycles. The van der Waals surface area contributed by atoms with Crippen molar-refractivity contribution in [3.05, 3.63) is 45.0 Å². The van der Waals surface area contributed by atoms with Gasteiger partial charge in [0, 0.05) is 3.57 Å². The summed E-state index contributed by atoms with van der Waals surface area (Å²) in [6.45, 7) is 7.54. The fourth-order valence-corrected chi connectivity index (χ4v) is 1.94. The van der Waals surface area contributed by atoms with Crippen molar-refractivity contribution in [3.8, 4) is 0 Å². The maximum atomic E-state index is 3.56. The van der Waals surface area contributed by atoms with Gasteiger partial charge in [-0.05, 0) is 67.1 Å². The van der Waals surface area contributed by atoms with Crippen LogP contribution in [-0.4, -0.2) is 6.54 Å². The molecule has 0 saturated carbocycles. The Kier molecular flexibility index (Phi) is 6.06. The molecule has 0 heterocycles. The standard InChI is InChI=1S/C14H20IN/c1-4-9-16-14(10-11(2)3)12-5-7-13(15)8-6-12/h5-8,10,14,16H,4,9H2,1-3H3. The van der Waals surface area contributed by atoms with E-state index in [1.54, 1.807) is 0 Å². The van der Waals surface area contributed by atoms with Gasteiger partial charge < -0.3 is 5.32 Å². The smallest absolute Gasteiger partial charge is 0.0508 e. The van der Waals surface area contributed by atoms with Crippen LogP contribution >= 0.6 is 22.6 Å². The molecule has 0 aliphatic heterocycles. The molecule has 0 radical (unpaired) electrons. The predicted octanol–water partition coefficient (Wildman–Crippen LogP) is 4.30. The van der Waals surface area contributed by atoms with E-state index >= 15 is 0 Å². The first-order chi connectivity index (χ1) is 7.63. The number of hydrogen-bond acceptors (Lipinski definition) is 1. The molecule has 1 aromatic carbocycles. The Bertz CT molecular complexity index is 336. The summed E-state index contributed by atoms with van der Waals surface area (Å²) in [4.78, 5) is 0. The molecule has 1 nitrogen and oxygen atoms in total. The second-order valence-corrected chi connectivity index (χ2v) is 5.47. The molecule has 1 rings (SSSR count). The summed E-state index contributed by atoms with van der Waals surface area (Å²) < 4.78 is 1.28. The van der Waals surface area contributed by atoms with Crippen molar-refractivity contribution in [1.82, 2.24) is 5.32 Å². The van der Waals surface area contributed by atoms with Gasteiger partial charge in [0.15, 0.2) is 0 Å². The zero-order valence-corrected chi connectivity index (χ0v) is 12.4. The topological polar surface area (TPSA) is 12.0 Å². The second kappa shape index (κ2) is 7.07. The summed E-state index contributed by atoms with van der Waals surface area (Å²) in [6, 6.07) is 9.08. The normalized spacial score (nSPS) is 12.2. The van der Waals surface area contributed by atoms with Crippen LogP contribution in [-0.2, 0) is 0 Å². The van der Waals surface area contributed by atoms with Gasteiger partial charge in [0.1, 0.15) is 0 Å². The van der Waals surface area contributed by atoms with Crippen molar-refractivity contribution >= 4 is 22.6 Å². The van der Waals surface area contributed by atoms with Crippen LogP contribution in [0.1, 0.15) is 38.8 Å². The highest BCUT2D eigenvalue weighted by atomic mass is 127. The minimum absolute atomic E-state index is 0.349. The van der Waals surface area contributed by atoms with Crippen LogP contribution in [0.4, 0.5) is 0 Å². The lowest BCUT2D eigenvalue weighted by Crippen LogP contribution is -2.20. The maximum Gasteiger partial charge on any atom is 0.0508 e. The third kappa shape index (κ3) is 4.66. The van der Waals surface area contributed by atoms with Crippen LogP contribution in [0.15, 0.2) is 35.9 Å². The summed E-state index contributed by atoms with van der Waals surface area (Å²) in [6.07, 6.45) is 3.45. The molecule has 0 aromatic heterocycles. The van der Waals surface area contributed by atoms with Crippen molar-refractivity contribution in [2.24, 2.45) is 0 Å².